The largest absolute Gasteiger partial charge is 0.491 e. The van der Waals surface area contributed by atoms with Crippen molar-refractivity contribution in [3.63, 3.8) is 0 Å². The number of ether oxygens (including phenoxy) is 2. The molecule has 0 radical (unpaired) electrons. The molecule has 0 aliphatic rings. The van der Waals surface area contributed by atoms with Crippen LogP contribution in [0.15, 0.2) is 89.4 Å². The Balaban J connectivity index is 1.82. The molecule has 0 bridgehead atoms. The molecule has 0 saturated carbocycles. The van der Waals surface area contributed by atoms with Gasteiger partial charge in [0.05, 0.1) is 12.6 Å². The minimum absolute atomic E-state index is 0.137. The molecule has 4 rings (SSSR count). The maximum absolute atomic E-state index is 12.5. The van der Waals surface area contributed by atoms with Crippen molar-refractivity contribution in [2.45, 2.75) is 30.8 Å². The molecule has 5 nitrogen and oxygen atoms in total. The Bertz CT molecular complexity index is 1280. The number of aromatic nitrogens is 1. The third-order valence-electron chi connectivity index (χ3n) is 6.64. The maximum atomic E-state index is 12.5. The van der Waals surface area contributed by atoms with Crippen molar-refractivity contribution in [2.75, 3.05) is 34.4 Å². The smallest absolute Gasteiger partial charge is 0.217 e. The molecule has 0 fully saturated rings. The lowest BCUT2D eigenvalue weighted by molar-refractivity contribution is -0.0283. The number of hydrogen-bond acceptors (Lipinski definition) is 5. The van der Waals surface area contributed by atoms with Crippen molar-refractivity contribution in [1.29, 1.82) is 0 Å². The van der Waals surface area contributed by atoms with Gasteiger partial charge in [0.1, 0.15) is 18.0 Å². The Labute approximate surface area is 228 Å². The van der Waals surface area contributed by atoms with Gasteiger partial charge in [0.25, 0.3) is 0 Å². The van der Waals surface area contributed by atoms with E-state index in [-0.39, 0.29) is 6.61 Å². The van der Waals surface area contributed by atoms with Crippen LogP contribution in [0.3, 0.4) is 0 Å². The Kier molecular flexibility index (Phi) is 9.19. The molecule has 4 aromatic rings. The molecule has 2 unspecified atom stereocenters. The first-order valence-electron chi connectivity index (χ1n) is 12.6. The number of hydrogen-bond donors (Lipinski definition) is 1. The van der Waals surface area contributed by atoms with E-state index in [0.717, 1.165) is 51.6 Å². The van der Waals surface area contributed by atoms with Crippen molar-refractivity contribution >= 4 is 26.8 Å². The van der Waals surface area contributed by atoms with E-state index in [9.17, 15) is 5.11 Å². The van der Waals surface area contributed by atoms with Crippen LogP contribution in [0.25, 0.3) is 10.9 Å². The van der Waals surface area contributed by atoms with Crippen molar-refractivity contribution in [1.82, 2.24) is 9.88 Å². The highest BCUT2D eigenvalue weighted by molar-refractivity contribution is 9.10. The van der Waals surface area contributed by atoms with Gasteiger partial charge < -0.3 is 19.5 Å². The van der Waals surface area contributed by atoms with Crippen LogP contribution in [0, 0.1) is 0 Å². The van der Waals surface area contributed by atoms with Crippen molar-refractivity contribution in [2.24, 2.45) is 0 Å². The number of nitrogens with zero attached hydrogens (tertiary/aromatic N) is 2. The summed E-state index contributed by atoms with van der Waals surface area (Å²) in [7, 11) is 5.78. The van der Waals surface area contributed by atoms with Crippen molar-refractivity contribution in [3.8, 4) is 11.6 Å². The number of para-hydroxylation sites is 1. The molecule has 2 atom stereocenters. The second-order valence-electron chi connectivity index (χ2n) is 9.73. The highest BCUT2D eigenvalue weighted by Gasteiger charge is 2.41. The van der Waals surface area contributed by atoms with Crippen LogP contribution in [0.5, 0.6) is 11.6 Å². The lowest BCUT2D eigenvalue weighted by atomic mass is 9.75. The number of rotatable bonds is 12. The fourth-order valence-electron chi connectivity index (χ4n) is 4.83. The molecule has 1 aromatic heterocycles. The van der Waals surface area contributed by atoms with E-state index in [1.807, 2.05) is 66.7 Å². The summed E-state index contributed by atoms with van der Waals surface area (Å²) < 4.78 is 13.0. The molecule has 1 heterocycles. The predicted molar refractivity (Wildman–Crippen MR) is 154 cm³/mol. The topological polar surface area (TPSA) is 54.8 Å². The highest BCUT2D eigenvalue weighted by Crippen LogP contribution is 2.43. The number of methoxy groups -OCH3 is 1. The zero-order chi connectivity index (χ0) is 26.3. The van der Waals surface area contributed by atoms with E-state index in [2.05, 4.69) is 53.1 Å². The fourth-order valence-corrected chi connectivity index (χ4v) is 5.20. The van der Waals surface area contributed by atoms with Gasteiger partial charge in [0, 0.05) is 21.3 Å². The van der Waals surface area contributed by atoms with Gasteiger partial charge in [0.2, 0.25) is 5.88 Å². The lowest BCUT2D eigenvalue weighted by Crippen LogP contribution is -2.43. The van der Waals surface area contributed by atoms with Crippen LogP contribution in [-0.2, 0) is 0 Å². The summed E-state index contributed by atoms with van der Waals surface area (Å²) >= 11 is 3.59. The Hall–Kier alpha value is -2.93. The summed E-state index contributed by atoms with van der Waals surface area (Å²) in [5.74, 6) is 0.825. The highest BCUT2D eigenvalue weighted by atomic mass is 79.9. The quantitative estimate of drug-likeness (QED) is 0.195. The maximum Gasteiger partial charge on any atom is 0.217 e. The standard InChI is InChI=1S/C31H35BrN2O3/c1-34(2)19-11-10-18-31(35,22-37-26-14-8-5-9-15-26)29(23-12-6-4-7-13-23)27-21-24-20-25(32)16-17-28(24)33-30(27)36-3/h4-9,12-17,20-21,29,35H,10-11,18-19,22H2,1-3H3. The average Bonchev–Trinajstić information content (AvgIpc) is 2.91. The summed E-state index contributed by atoms with van der Waals surface area (Å²) in [4.78, 5) is 7.00. The number of unbranched alkanes of at least 4 members (excludes halogenated alkanes) is 1. The predicted octanol–water partition coefficient (Wildman–Crippen LogP) is 6.68. The molecule has 0 aliphatic carbocycles. The Morgan fingerprint density at radius 3 is 2.32 bits per heavy atom. The molecular formula is C31H35BrN2O3. The number of pyridine rings is 1. The van der Waals surface area contributed by atoms with Crippen LogP contribution in [0.1, 0.15) is 36.3 Å². The van der Waals surface area contributed by atoms with Gasteiger partial charge >= 0.3 is 0 Å². The molecule has 194 valence electrons. The number of halogens is 1. The third-order valence-corrected chi connectivity index (χ3v) is 7.13. The molecule has 1 N–H and O–H groups in total. The minimum atomic E-state index is -1.21. The number of benzene rings is 3. The molecule has 6 heteroatoms. The first kappa shape index (κ1) is 27.1. The van der Waals surface area contributed by atoms with E-state index < -0.39 is 11.5 Å². The van der Waals surface area contributed by atoms with E-state index in [1.165, 1.54) is 0 Å². The Morgan fingerprint density at radius 1 is 0.946 bits per heavy atom. The zero-order valence-electron chi connectivity index (χ0n) is 21.7. The van der Waals surface area contributed by atoms with Crippen LogP contribution in [0.2, 0.25) is 0 Å². The second-order valence-corrected chi connectivity index (χ2v) is 10.6. The third kappa shape index (κ3) is 6.89. The molecule has 0 amide bonds. The molecule has 3 aromatic carbocycles. The van der Waals surface area contributed by atoms with Gasteiger partial charge in [-0.15, -0.1) is 0 Å². The van der Waals surface area contributed by atoms with Crippen molar-refractivity contribution < 1.29 is 14.6 Å². The first-order valence-corrected chi connectivity index (χ1v) is 13.4. The van der Waals surface area contributed by atoms with Gasteiger partial charge in [-0.3, -0.25) is 0 Å². The molecule has 0 saturated heterocycles. The molecule has 37 heavy (non-hydrogen) atoms. The Morgan fingerprint density at radius 2 is 1.65 bits per heavy atom. The summed E-state index contributed by atoms with van der Waals surface area (Å²) in [6, 6.07) is 27.9. The molecule has 0 spiro atoms. The average molecular weight is 564 g/mol. The number of aliphatic hydroxyl groups is 1. The minimum Gasteiger partial charge on any atom is -0.491 e. The fraction of sp³-hybridized carbons (Fsp3) is 0.323. The van der Waals surface area contributed by atoms with Crippen LogP contribution in [-0.4, -0.2) is 54.9 Å². The normalized spacial score (nSPS) is 13.9. The monoisotopic (exact) mass is 562 g/mol. The first-order chi connectivity index (χ1) is 17.9. The summed E-state index contributed by atoms with van der Waals surface area (Å²) in [5.41, 5.74) is 1.46. The molecule has 0 aliphatic heterocycles. The summed E-state index contributed by atoms with van der Waals surface area (Å²) in [6.07, 6.45) is 2.39. The second kappa shape index (κ2) is 12.5. The van der Waals surface area contributed by atoms with E-state index in [0.29, 0.717) is 12.3 Å². The van der Waals surface area contributed by atoms with Crippen LogP contribution in [0.4, 0.5) is 0 Å². The zero-order valence-corrected chi connectivity index (χ0v) is 23.3. The van der Waals surface area contributed by atoms with Gasteiger partial charge in [-0.1, -0.05) is 64.5 Å². The van der Waals surface area contributed by atoms with Crippen LogP contribution < -0.4 is 9.47 Å². The lowest BCUT2D eigenvalue weighted by Gasteiger charge is -2.37. The molecular weight excluding hydrogens is 528 g/mol. The van der Waals surface area contributed by atoms with Gasteiger partial charge in [-0.2, -0.15) is 0 Å². The summed E-state index contributed by atoms with van der Waals surface area (Å²) in [6.45, 7) is 1.10. The van der Waals surface area contributed by atoms with Crippen LogP contribution >= 0.6 is 15.9 Å². The van der Waals surface area contributed by atoms with E-state index in [4.69, 9.17) is 14.5 Å². The summed E-state index contributed by atoms with van der Waals surface area (Å²) in [5, 5.41) is 13.5. The SMILES string of the molecule is COc1nc2ccc(Br)cc2cc1C(c1ccccc1)C(O)(CCCCN(C)C)COc1ccccc1. The van der Waals surface area contributed by atoms with E-state index in [1.54, 1.807) is 7.11 Å². The van der Waals surface area contributed by atoms with Gasteiger partial charge in [0.15, 0.2) is 0 Å². The van der Waals surface area contributed by atoms with E-state index >= 15 is 0 Å². The number of fused-ring (bicyclic) bond motifs is 1. The van der Waals surface area contributed by atoms with Gasteiger partial charge in [-0.05, 0) is 81.9 Å². The van der Waals surface area contributed by atoms with Gasteiger partial charge in [-0.25, -0.2) is 4.98 Å². The van der Waals surface area contributed by atoms with Crippen molar-refractivity contribution in [3.05, 3.63) is 101 Å².